The van der Waals surface area contributed by atoms with Crippen LogP contribution < -0.4 is 10.2 Å². The molecule has 1 atom stereocenters. The lowest BCUT2D eigenvalue weighted by atomic mass is 9.83. The van der Waals surface area contributed by atoms with E-state index in [9.17, 15) is 18.0 Å². The van der Waals surface area contributed by atoms with E-state index in [1.54, 1.807) is 18.5 Å². The monoisotopic (exact) mass is 513 g/mol. The Bertz CT molecular complexity index is 1300. The summed E-state index contributed by atoms with van der Waals surface area (Å²) in [4.78, 5) is 14.9. The van der Waals surface area contributed by atoms with Gasteiger partial charge in [0.15, 0.2) is 0 Å². The van der Waals surface area contributed by atoms with Gasteiger partial charge in [-0.25, -0.2) is 0 Å². The number of anilines is 1. The standard InChI is InChI=1S/C27H30F3N5O2/c1-16(2)10-31-11-17-7-21-22(23(8-17)27(28,29)30)12-35(26(21)36)20-6-4-5-18(9-20)24(19-13-37-14-19)25-33-32-15-34(25)3/h4-9,15-16,19,24,31H,10-14H2,1-3H3. The molecule has 0 saturated carbocycles. The maximum Gasteiger partial charge on any atom is 0.416 e. The molecule has 196 valence electrons. The van der Waals surface area contributed by atoms with E-state index in [1.807, 2.05) is 43.7 Å². The van der Waals surface area contributed by atoms with Crippen LogP contribution in [0.25, 0.3) is 0 Å². The second-order valence-electron chi connectivity index (χ2n) is 10.3. The van der Waals surface area contributed by atoms with E-state index in [0.29, 0.717) is 36.9 Å². The van der Waals surface area contributed by atoms with E-state index in [0.717, 1.165) is 11.4 Å². The number of nitrogens with zero attached hydrogens (tertiary/aromatic N) is 4. The van der Waals surface area contributed by atoms with Crippen molar-refractivity contribution in [3.8, 4) is 0 Å². The largest absolute Gasteiger partial charge is 0.416 e. The highest BCUT2D eigenvalue weighted by molar-refractivity contribution is 6.10. The minimum atomic E-state index is -4.56. The molecule has 1 saturated heterocycles. The first-order valence-corrected chi connectivity index (χ1v) is 12.4. The molecule has 37 heavy (non-hydrogen) atoms. The molecule has 0 bridgehead atoms. The molecule has 0 radical (unpaired) electrons. The lowest BCUT2D eigenvalue weighted by Gasteiger charge is -2.33. The predicted molar refractivity (Wildman–Crippen MR) is 132 cm³/mol. The number of aryl methyl sites for hydroxylation is 1. The molecule has 7 nitrogen and oxygen atoms in total. The molecule has 0 spiro atoms. The first-order valence-electron chi connectivity index (χ1n) is 12.4. The summed E-state index contributed by atoms with van der Waals surface area (Å²) in [7, 11) is 1.87. The van der Waals surface area contributed by atoms with E-state index < -0.39 is 17.6 Å². The third kappa shape index (κ3) is 5.00. The van der Waals surface area contributed by atoms with Gasteiger partial charge in [-0.1, -0.05) is 26.0 Å². The van der Waals surface area contributed by atoms with Crippen molar-refractivity contribution in [2.75, 3.05) is 24.7 Å². The van der Waals surface area contributed by atoms with Crippen LogP contribution in [0.3, 0.4) is 0 Å². The molecule has 2 aliphatic heterocycles. The van der Waals surface area contributed by atoms with Crippen molar-refractivity contribution in [2.45, 2.75) is 39.0 Å². The zero-order valence-corrected chi connectivity index (χ0v) is 21.0. The summed E-state index contributed by atoms with van der Waals surface area (Å²) >= 11 is 0. The first kappa shape index (κ1) is 25.4. The van der Waals surface area contributed by atoms with Crippen molar-refractivity contribution in [3.05, 3.63) is 76.4 Å². The number of ether oxygens (including phenoxy) is 1. The second-order valence-corrected chi connectivity index (χ2v) is 10.3. The predicted octanol–water partition coefficient (Wildman–Crippen LogP) is 4.52. The third-order valence-corrected chi connectivity index (χ3v) is 6.99. The SMILES string of the molecule is CC(C)CNCc1cc2c(c(C(F)(F)F)c1)CN(c1cccc(C(c3nncn3C)C3COC3)c1)C2=O. The van der Waals surface area contributed by atoms with Crippen molar-refractivity contribution in [3.63, 3.8) is 0 Å². The molecule has 1 unspecified atom stereocenters. The van der Waals surface area contributed by atoms with E-state index in [-0.39, 0.29) is 36.1 Å². The number of hydrogen-bond acceptors (Lipinski definition) is 5. The summed E-state index contributed by atoms with van der Waals surface area (Å²) in [5, 5.41) is 11.5. The smallest absolute Gasteiger partial charge is 0.381 e. The van der Waals surface area contributed by atoms with Crippen molar-refractivity contribution in [2.24, 2.45) is 18.9 Å². The summed E-state index contributed by atoms with van der Waals surface area (Å²) in [6, 6.07) is 10.2. The Hall–Kier alpha value is -3.24. The highest BCUT2D eigenvalue weighted by Crippen LogP contribution is 2.41. The van der Waals surface area contributed by atoms with Gasteiger partial charge in [0.1, 0.15) is 12.2 Å². The molecule has 3 aromatic rings. The molecule has 1 amide bonds. The summed E-state index contributed by atoms with van der Waals surface area (Å²) in [6.07, 6.45) is -2.92. The van der Waals surface area contributed by atoms with Gasteiger partial charge in [-0.3, -0.25) is 4.79 Å². The Kier molecular flexibility index (Phi) is 6.80. The van der Waals surface area contributed by atoms with Crippen molar-refractivity contribution in [1.29, 1.82) is 0 Å². The minimum absolute atomic E-state index is 0.0211. The lowest BCUT2D eigenvalue weighted by molar-refractivity contribution is -0.138. The van der Waals surface area contributed by atoms with Gasteiger partial charge < -0.3 is 19.5 Å². The van der Waals surface area contributed by atoms with Gasteiger partial charge in [-0.15, -0.1) is 10.2 Å². The molecule has 1 fully saturated rings. The highest BCUT2D eigenvalue weighted by atomic mass is 19.4. The number of hydrogen-bond donors (Lipinski definition) is 1. The van der Waals surface area contributed by atoms with Crippen molar-refractivity contribution >= 4 is 11.6 Å². The quantitative estimate of drug-likeness (QED) is 0.480. The topological polar surface area (TPSA) is 72.3 Å². The minimum Gasteiger partial charge on any atom is -0.381 e. The van der Waals surface area contributed by atoms with Crippen LogP contribution in [0, 0.1) is 11.8 Å². The third-order valence-electron chi connectivity index (χ3n) is 6.99. The lowest BCUT2D eigenvalue weighted by Crippen LogP contribution is -2.35. The van der Waals surface area contributed by atoms with Crippen molar-refractivity contribution in [1.82, 2.24) is 20.1 Å². The fourth-order valence-electron chi connectivity index (χ4n) is 5.08. The van der Waals surface area contributed by atoms with Crippen LogP contribution in [0.5, 0.6) is 0 Å². The van der Waals surface area contributed by atoms with Crippen LogP contribution in [0.15, 0.2) is 42.7 Å². The number of alkyl halides is 3. The summed E-state index contributed by atoms with van der Waals surface area (Å²) in [5.74, 6) is 0.802. The number of halogens is 3. The van der Waals surface area contributed by atoms with Gasteiger partial charge >= 0.3 is 6.18 Å². The zero-order valence-electron chi connectivity index (χ0n) is 21.0. The molecule has 3 heterocycles. The van der Waals surface area contributed by atoms with Gasteiger partial charge in [-0.2, -0.15) is 13.2 Å². The summed E-state index contributed by atoms with van der Waals surface area (Å²) in [6.45, 7) is 6.02. The van der Waals surface area contributed by atoms with Crippen LogP contribution >= 0.6 is 0 Å². The Morgan fingerprint density at radius 1 is 1.19 bits per heavy atom. The fourth-order valence-corrected chi connectivity index (χ4v) is 5.08. The summed E-state index contributed by atoms with van der Waals surface area (Å²) in [5.41, 5.74) is 1.30. The Labute approximate surface area is 213 Å². The number of carbonyl (C=O) groups is 1. The average molecular weight is 514 g/mol. The Morgan fingerprint density at radius 3 is 2.59 bits per heavy atom. The first-order chi connectivity index (χ1) is 17.6. The summed E-state index contributed by atoms with van der Waals surface area (Å²) < 4.78 is 49.4. The fraction of sp³-hybridized carbons (Fsp3) is 0.444. The molecular formula is C27H30F3N5O2. The number of amides is 1. The number of rotatable bonds is 8. The molecule has 0 aliphatic carbocycles. The molecule has 10 heteroatoms. The van der Waals surface area contributed by atoms with Gasteiger partial charge in [-0.05, 0) is 53.4 Å². The highest BCUT2D eigenvalue weighted by Gasteiger charge is 2.41. The van der Waals surface area contributed by atoms with E-state index in [2.05, 4.69) is 15.5 Å². The van der Waals surface area contributed by atoms with Crippen molar-refractivity contribution < 1.29 is 22.7 Å². The number of benzene rings is 2. The molecule has 2 aliphatic rings. The number of aromatic nitrogens is 3. The van der Waals surface area contributed by atoms with E-state index >= 15 is 0 Å². The second kappa shape index (κ2) is 9.90. The maximum absolute atomic E-state index is 14.1. The van der Waals surface area contributed by atoms with E-state index in [1.165, 1.54) is 11.0 Å². The van der Waals surface area contributed by atoms with Gasteiger partial charge in [0.2, 0.25) is 0 Å². The molecule has 2 aromatic carbocycles. The van der Waals surface area contributed by atoms with Crippen LogP contribution in [0.2, 0.25) is 0 Å². The van der Waals surface area contributed by atoms with Crippen LogP contribution in [-0.2, 0) is 31.1 Å². The zero-order chi connectivity index (χ0) is 26.3. The Morgan fingerprint density at radius 2 is 1.97 bits per heavy atom. The van der Waals surface area contributed by atoms with Gasteiger partial charge in [0.05, 0.1) is 31.2 Å². The average Bonchev–Trinajstić information content (AvgIpc) is 3.38. The van der Waals surface area contributed by atoms with Crippen LogP contribution in [0.1, 0.15) is 58.2 Å². The molecule has 5 rings (SSSR count). The van der Waals surface area contributed by atoms with Crippen LogP contribution in [0.4, 0.5) is 18.9 Å². The Balaban J connectivity index is 1.48. The van der Waals surface area contributed by atoms with E-state index in [4.69, 9.17) is 4.74 Å². The molecular weight excluding hydrogens is 483 g/mol. The van der Waals surface area contributed by atoms with Crippen LogP contribution in [-0.4, -0.2) is 40.4 Å². The van der Waals surface area contributed by atoms with Gasteiger partial charge in [0, 0.05) is 30.8 Å². The number of fused-ring (bicyclic) bond motifs is 1. The number of nitrogens with one attached hydrogen (secondary N) is 1. The molecule has 1 aromatic heterocycles. The maximum atomic E-state index is 14.1. The van der Waals surface area contributed by atoms with Gasteiger partial charge in [0.25, 0.3) is 5.91 Å². The normalized spacial score (nSPS) is 16.8. The molecule has 1 N–H and O–H groups in total. The number of carbonyl (C=O) groups excluding carboxylic acids is 1.